The van der Waals surface area contributed by atoms with Crippen LogP contribution in [0.2, 0.25) is 0 Å². The van der Waals surface area contributed by atoms with Crippen molar-refractivity contribution in [2.45, 2.75) is 19.9 Å². The molecule has 9 heteroatoms. The molecule has 0 bridgehead atoms. The van der Waals surface area contributed by atoms with Crippen LogP contribution >= 0.6 is 15.2 Å². The molecule has 0 spiro atoms. The molecule has 0 aliphatic rings. The molecule has 0 aromatic heterocycles. The van der Waals surface area contributed by atoms with Gasteiger partial charge in [-0.25, -0.2) is 0 Å². The van der Waals surface area contributed by atoms with Crippen LogP contribution in [0.15, 0.2) is 4.99 Å². The summed E-state index contributed by atoms with van der Waals surface area (Å²) in [7, 11) is -9.93. The predicted molar refractivity (Wildman–Crippen MR) is 46.7 cm³/mol. The van der Waals surface area contributed by atoms with E-state index in [1.165, 1.54) is 13.8 Å². The molecule has 0 aliphatic heterocycles. The molecule has 0 saturated carbocycles. The van der Waals surface area contributed by atoms with Gasteiger partial charge in [0.2, 0.25) is 5.19 Å². The first-order chi connectivity index (χ1) is 5.55. The van der Waals surface area contributed by atoms with Gasteiger partial charge in [0, 0.05) is 6.04 Å². The minimum Gasteiger partial charge on any atom is -0.320 e. The molecule has 0 atom stereocenters. The van der Waals surface area contributed by atoms with Gasteiger partial charge in [0.05, 0.1) is 0 Å². The second kappa shape index (κ2) is 4.00. The Morgan fingerprint density at radius 2 is 1.38 bits per heavy atom. The fourth-order valence-electron chi connectivity index (χ4n) is 0.551. The molecule has 0 fully saturated rings. The van der Waals surface area contributed by atoms with E-state index in [0.29, 0.717) is 0 Å². The lowest BCUT2D eigenvalue weighted by atomic mass is 10.4. The molecule has 0 rings (SSSR count). The Hall–Kier alpha value is -0.0300. The molecule has 0 saturated heterocycles. The largest absolute Gasteiger partial charge is 0.382 e. The summed E-state index contributed by atoms with van der Waals surface area (Å²) < 4.78 is 21.2. The van der Waals surface area contributed by atoms with Crippen molar-refractivity contribution in [3.05, 3.63) is 0 Å². The van der Waals surface area contributed by atoms with Crippen molar-refractivity contribution in [2.24, 2.45) is 4.99 Å². The minimum absolute atomic E-state index is 0.588. The molecule has 0 aromatic carbocycles. The summed E-state index contributed by atoms with van der Waals surface area (Å²) in [5, 5.41) is -1.35. The van der Waals surface area contributed by atoms with E-state index in [2.05, 4.69) is 4.99 Å². The van der Waals surface area contributed by atoms with Gasteiger partial charge >= 0.3 is 15.2 Å². The fraction of sp³-hybridized carbons (Fsp3) is 0.750. The Morgan fingerprint density at radius 1 is 1.08 bits per heavy atom. The lowest BCUT2D eigenvalue weighted by Gasteiger charge is -2.10. The van der Waals surface area contributed by atoms with Gasteiger partial charge in [-0.05, 0) is 13.8 Å². The Morgan fingerprint density at radius 3 is 1.46 bits per heavy atom. The van der Waals surface area contributed by atoms with Gasteiger partial charge in [0.25, 0.3) is 0 Å². The maximum atomic E-state index is 10.6. The monoisotopic (exact) mass is 231 g/mol. The van der Waals surface area contributed by atoms with Crippen LogP contribution in [0.5, 0.6) is 0 Å². The topological polar surface area (TPSA) is 127 Å². The zero-order valence-electron chi connectivity index (χ0n) is 7.02. The molecule has 0 aliphatic carbocycles. The normalized spacial score (nSPS) is 13.2. The molecular weight excluding hydrogens is 220 g/mol. The van der Waals surface area contributed by atoms with Gasteiger partial charge in [0.15, 0.2) is 0 Å². The number of nitrogens with zero attached hydrogens (tertiary/aromatic N) is 1. The highest BCUT2D eigenvalue weighted by Gasteiger charge is 2.38. The lowest BCUT2D eigenvalue weighted by Crippen LogP contribution is -2.04. The Kier molecular flexibility index (Phi) is 3.99. The van der Waals surface area contributed by atoms with E-state index >= 15 is 0 Å². The van der Waals surface area contributed by atoms with Gasteiger partial charge in [-0.2, -0.15) is 0 Å². The van der Waals surface area contributed by atoms with E-state index in [1.54, 1.807) is 0 Å². The molecule has 13 heavy (non-hydrogen) atoms. The smallest absolute Gasteiger partial charge is 0.320 e. The van der Waals surface area contributed by atoms with E-state index in [-0.39, 0.29) is 0 Å². The third-order valence-electron chi connectivity index (χ3n) is 0.895. The zero-order chi connectivity index (χ0) is 10.9. The van der Waals surface area contributed by atoms with Crippen LogP contribution in [0.1, 0.15) is 13.8 Å². The molecule has 0 heterocycles. The van der Waals surface area contributed by atoms with Crippen molar-refractivity contribution in [3.63, 3.8) is 0 Å². The maximum absolute atomic E-state index is 10.6. The van der Waals surface area contributed by atoms with Crippen LogP contribution in [-0.4, -0.2) is 30.8 Å². The number of hydrogen-bond acceptors (Lipinski definition) is 3. The third-order valence-corrected chi connectivity index (χ3v) is 3.73. The van der Waals surface area contributed by atoms with Crippen LogP contribution in [-0.2, 0) is 9.13 Å². The Labute approximate surface area is 74.8 Å². The first kappa shape index (κ1) is 13.0. The van der Waals surface area contributed by atoms with Crippen LogP contribution in [0.4, 0.5) is 0 Å². The molecular formula is C4H11NO6P2. The van der Waals surface area contributed by atoms with E-state index in [0.717, 1.165) is 0 Å². The first-order valence-electron chi connectivity index (χ1n) is 3.25. The number of rotatable bonds is 3. The number of hydrogen-bond donors (Lipinski definition) is 4. The van der Waals surface area contributed by atoms with Crippen molar-refractivity contribution < 1.29 is 28.7 Å². The van der Waals surface area contributed by atoms with Gasteiger partial charge in [-0.15, -0.1) is 0 Å². The summed E-state index contributed by atoms with van der Waals surface area (Å²) in [6.07, 6.45) is 0. The van der Waals surface area contributed by atoms with Gasteiger partial charge in [0.1, 0.15) is 0 Å². The Bertz CT molecular complexity index is 274. The lowest BCUT2D eigenvalue weighted by molar-refractivity contribution is 0.380. The minimum atomic E-state index is -4.96. The molecule has 0 radical (unpaired) electrons. The third kappa shape index (κ3) is 4.67. The predicted octanol–water partition coefficient (Wildman–Crippen LogP) is 0.106. The van der Waals surface area contributed by atoms with Crippen LogP contribution in [0.3, 0.4) is 0 Å². The molecule has 7 nitrogen and oxygen atoms in total. The van der Waals surface area contributed by atoms with Crippen LogP contribution < -0.4 is 0 Å². The van der Waals surface area contributed by atoms with Crippen molar-refractivity contribution in [1.82, 2.24) is 0 Å². The first-order valence-corrected chi connectivity index (χ1v) is 6.47. The van der Waals surface area contributed by atoms with Crippen molar-refractivity contribution in [3.8, 4) is 0 Å². The summed E-state index contributed by atoms with van der Waals surface area (Å²) in [5.41, 5.74) is 0. The second-order valence-electron chi connectivity index (χ2n) is 2.61. The molecule has 0 aromatic rings. The molecule has 78 valence electrons. The maximum Gasteiger partial charge on any atom is 0.382 e. The fourth-order valence-corrected chi connectivity index (χ4v) is 2.67. The highest BCUT2D eigenvalue weighted by molar-refractivity contribution is 7.97. The highest BCUT2D eigenvalue weighted by Crippen LogP contribution is 2.55. The molecule has 0 amide bonds. The molecule has 4 N–H and O–H groups in total. The number of aliphatic imine (C=N–C) groups is 1. The zero-order valence-corrected chi connectivity index (χ0v) is 8.81. The van der Waals surface area contributed by atoms with E-state index in [9.17, 15) is 9.13 Å². The Balaban J connectivity index is 5.27. The van der Waals surface area contributed by atoms with Crippen molar-refractivity contribution >= 4 is 20.4 Å². The summed E-state index contributed by atoms with van der Waals surface area (Å²) in [4.78, 5) is 37.4. The second-order valence-corrected chi connectivity index (χ2v) is 5.99. The van der Waals surface area contributed by atoms with Gasteiger partial charge in [-0.1, -0.05) is 0 Å². The summed E-state index contributed by atoms with van der Waals surface area (Å²) in [6, 6.07) is -0.588. The summed E-state index contributed by atoms with van der Waals surface area (Å²) >= 11 is 0. The SMILES string of the molecule is CC(C)N=C(P(=O)(O)O)P(=O)(O)O. The van der Waals surface area contributed by atoms with Gasteiger partial charge in [-0.3, -0.25) is 14.1 Å². The highest BCUT2D eigenvalue weighted by atomic mass is 31.2. The van der Waals surface area contributed by atoms with Crippen molar-refractivity contribution in [2.75, 3.05) is 0 Å². The van der Waals surface area contributed by atoms with Crippen molar-refractivity contribution in [1.29, 1.82) is 0 Å². The van der Waals surface area contributed by atoms with E-state index < -0.39 is 26.4 Å². The summed E-state index contributed by atoms with van der Waals surface area (Å²) in [5.74, 6) is 0. The van der Waals surface area contributed by atoms with Gasteiger partial charge < -0.3 is 19.6 Å². The summed E-state index contributed by atoms with van der Waals surface area (Å²) in [6.45, 7) is 2.90. The quantitative estimate of drug-likeness (QED) is 0.403. The average Bonchev–Trinajstić information content (AvgIpc) is 1.77. The van der Waals surface area contributed by atoms with Crippen LogP contribution in [0, 0.1) is 0 Å². The average molecular weight is 231 g/mol. The van der Waals surface area contributed by atoms with E-state index in [1.807, 2.05) is 0 Å². The molecule has 0 unspecified atom stereocenters. The van der Waals surface area contributed by atoms with E-state index in [4.69, 9.17) is 19.6 Å². The standard InChI is InChI=1S/C4H11NO6P2/c1-3(2)5-4(12(6,7)8)13(9,10)11/h3H,1-2H3,(H2,6,7,8)(H2,9,10,11). The van der Waals surface area contributed by atoms with Crippen LogP contribution in [0.25, 0.3) is 0 Å².